The van der Waals surface area contributed by atoms with E-state index in [4.69, 9.17) is 5.73 Å². The van der Waals surface area contributed by atoms with Crippen LogP contribution in [0, 0.1) is 11.6 Å². The molecule has 0 bridgehead atoms. The van der Waals surface area contributed by atoms with Crippen LogP contribution in [0.3, 0.4) is 0 Å². The summed E-state index contributed by atoms with van der Waals surface area (Å²) >= 11 is 1.64. The van der Waals surface area contributed by atoms with Gasteiger partial charge in [-0.25, -0.2) is 13.8 Å². The van der Waals surface area contributed by atoms with Crippen LogP contribution >= 0.6 is 11.3 Å². The zero-order chi connectivity index (χ0) is 16.9. The van der Waals surface area contributed by atoms with Crippen molar-refractivity contribution >= 4 is 28.1 Å². The molecule has 1 aromatic carbocycles. The van der Waals surface area contributed by atoms with Crippen molar-refractivity contribution in [3.8, 4) is 0 Å². The zero-order valence-electron chi connectivity index (χ0n) is 13.1. The van der Waals surface area contributed by atoms with Gasteiger partial charge in [0.15, 0.2) is 11.1 Å². The van der Waals surface area contributed by atoms with Gasteiger partial charge in [0.2, 0.25) is 0 Å². The summed E-state index contributed by atoms with van der Waals surface area (Å²) in [5.41, 5.74) is 6.66. The smallest absolute Gasteiger partial charge is 0.193 e. The monoisotopic (exact) mass is 351 g/mol. The van der Waals surface area contributed by atoms with Gasteiger partial charge in [0.1, 0.15) is 11.6 Å². The average molecular weight is 351 g/mol. The molecule has 0 spiro atoms. The standard InChI is InChI=1S/C16H19F2N5S/c17-11-3-4-13(18)14(9-11)22-15(19)20-6-5-12-10-24-16(21-12)23-7-1-2-8-23/h3-4,9-10H,1-2,5-8H2,(H3,19,20,22). The van der Waals surface area contributed by atoms with E-state index in [1.54, 1.807) is 11.3 Å². The van der Waals surface area contributed by atoms with Gasteiger partial charge in [-0.1, -0.05) is 0 Å². The fourth-order valence-electron chi connectivity index (χ4n) is 2.53. The van der Waals surface area contributed by atoms with Crippen molar-refractivity contribution in [2.24, 2.45) is 10.7 Å². The lowest BCUT2D eigenvalue weighted by atomic mass is 10.3. The van der Waals surface area contributed by atoms with Crippen molar-refractivity contribution in [3.05, 3.63) is 40.9 Å². The molecule has 1 saturated heterocycles. The molecule has 1 fully saturated rings. The highest BCUT2D eigenvalue weighted by Gasteiger charge is 2.15. The first kappa shape index (κ1) is 16.6. The minimum Gasteiger partial charge on any atom is -0.370 e. The van der Waals surface area contributed by atoms with Crippen LogP contribution in [0.2, 0.25) is 0 Å². The lowest BCUT2D eigenvalue weighted by molar-refractivity contribution is 0.604. The molecule has 0 radical (unpaired) electrons. The lowest BCUT2D eigenvalue weighted by Crippen LogP contribution is -2.23. The molecule has 1 aromatic heterocycles. The Morgan fingerprint density at radius 1 is 1.33 bits per heavy atom. The second kappa shape index (κ2) is 7.57. The largest absolute Gasteiger partial charge is 0.370 e. The molecule has 5 nitrogen and oxygen atoms in total. The molecule has 0 saturated carbocycles. The Morgan fingerprint density at radius 3 is 2.92 bits per heavy atom. The number of aliphatic imine (C=N–C) groups is 1. The second-order valence-corrected chi connectivity index (χ2v) is 6.42. The third-order valence-electron chi connectivity index (χ3n) is 3.76. The SMILES string of the molecule is NC(=NCCc1csc(N2CCCC2)n1)Nc1cc(F)ccc1F. The van der Waals surface area contributed by atoms with Crippen LogP contribution in [0.15, 0.2) is 28.6 Å². The van der Waals surface area contributed by atoms with E-state index in [0.717, 1.165) is 42.1 Å². The molecular formula is C16H19F2N5S. The number of hydrogen-bond donors (Lipinski definition) is 2. The summed E-state index contributed by atoms with van der Waals surface area (Å²) in [5.74, 6) is -1.07. The molecule has 0 amide bonds. The van der Waals surface area contributed by atoms with Crippen LogP contribution in [-0.4, -0.2) is 30.6 Å². The Hall–Kier alpha value is -2.22. The van der Waals surface area contributed by atoms with Gasteiger partial charge in [-0.15, -0.1) is 11.3 Å². The predicted octanol–water partition coefficient (Wildman–Crippen LogP) is 2.99. The maximum Gasteiger partial charge on any atom is 0.193 e. The summed E-state index contributed by atoms with van der Waals surface area (Å²) in [7, 11) is 0. The van der Waals surface area contributed by atoms with Gasteiger partial charge in [0.25, 0.3) is 0 Å². The number of nitrogens with zero attached hydrogens (tertiary/aromatic N) is 3. The van der Waals surface area contributed by atoms with E-state index < -0.39 is 11.6 Å². The van der Waals surface area contributed by atoms with E-state index >= 15 is 0 Å². The molecule has 2 heterocycles. The van der Waals surface area contributed by atoms with Crippen LogP contribution in [0.25, 0.3) is 0 Å². The molecule has 128 valence electrons. The van der Waals surface area contributed by atoms with E-state index in [9.17, 15) is 8.78 Å². The molecule has 0 aliphatic carbocycles. The van der Waals surface area contributed by atoms with Gasteiger partial charge in [0, 0.05) is 37.5 Å². The number of anilines is 2. The van der Waals surface area contributed by atoms with Gasteiger partial charge < -0.3 is 16.0 Å². The summed E-state index contributed by atoms with van der Waals surface area (Å²) in [4.78, 5) is 11.0. The number of benzene rings is 1. The van der Waals surface area contributed by atoms with Crippen LogP contribution in [0.5, 0.6) is 0 Å². The predicted molar refractivity (Wildman–Crippen MR) is 93.7 cm³/mol. The molecule has 1 aliphatic rings. The Bertz CT molecular complexity index is 725. The minimum absolute atomic E-state index is 0.0266. The first-order chi connectivity index (χ1) is 11.6. The Balaban J connectivity index is 1.53. The van der Waals surface area contributed by atoms with Crippen molar-refractivity contribution in [1.82, 2.24) is 4.98 Å². The summed E-state index contributed by atoms with van der Waals surface area (Å²) < 4.78 is 26.6. The molecule has 3 rings (SSSR count). The fourth-order valence-corrected chi connectivity index (χ4v) is 3.44. The number of thiazole rings is 1. The molecule has 24 heavy (non-hydrogen) atoms. The minimum atomic E-state index is -0.579. The fraction of sp³-hybridized carbons (Fsp3) is 0.375. The van der Waals surface area contributed by atoms with Crippen molar-refractivity contribution < 1.29 is 8.78 Å². The molecule has 0 unspecified atom stereocenters. The van der Waals surface area contributed by atoms with E-state index in [-0.39, 0.29) is 11.6 Å². The average Bonchev–Trinajstić information content (AvgIpc) is 3.22. The van der Waals surface area contributed by atoms with E-state index in [2.05, 4.69) is 20.2 Å². The summed E-state index contributed by atoms with van der Waals surface area (Å²) in [6.07, 6.45) is 3.09. The maximum absolute atomic E-state index is 13.5. The molecule has 2 aromatic rings. The summed E-state index contributed by atoms with van der Waals surface area (Å²) in [5, 5.41) is 5.66. The van der Waals surface area contributed by atoms with Crippen molar-refractivity contribution in [1.29, 1.82) is 0 Å². The molecular weight excluding hydrogens is 332 g/mol. The van der Waals surface area contributed by atoms with Crippen LogP contribution < -0.4 is 16.0 Å². The topological polar surface area (TPSA) is 66.5 Å². The number of aromatic nitrogens is 1. The third-order valence-corrected chi connectivity index (χ3v) is 4.71. The molecule has 8 heteroatoms. The van der Waals surface area contributed by atoms with Gasteiger partial charge in [0.05, 0.1) is 11.4 Å². The first-order valence-electron chi connectivity index (χ1n) is 7.83. The first-order valence-corrected chi connectivity index (χ1v) is 8.71. The second-order valence-electron chi connectivity index (χ2n) is 5.58. The summed E-state index contributed by atoms with van der Waals surface area (Å²) in [6, 6.07) is 3.13. The number of halogens is 2. The highest BCUT2D eigenvalue weighted by atomic mass is 32.1. The Kier molecular flexibility index (Phi) is 5.24. The van der Waals surface area contributed by atoms with E-state index in [1.807, 2.05) is 5.38 Å². The van der Waals surface area contributed by atoms with Crippen molar-refractivity contribution in [3.63, 3.8) is 0 Å². The molecule has 1 aliphatic heterocycles. The molecule has 3 N–H and O–H groups in total. The highest BCUT2D eigenvalue weighted by molar-refractivity contribution is 7.13. The van der Waals surface area contributed by atoms with Gasteiger partial charge in [-0.3, -0.25) is 4.99 Å². The highest BCUT2D eigenvalue weighted by Crippen LogP contribution is 2.24. The zero-order valence-corrected chi connectivity index (χ0v) is 14.0. The van der Waals surface area contributed by atoms with Crippen LogP contribution in [0.1, 0.15) is 18.5 Å². The van der Waals surface area contributed by atoms with E-state index in [0.29, 0.717) is 13.0 Å². The Morgan fingerprint density at radius 2 is 2.12 bits per heavy atom. The normalized spacial score (nSPS) is 15.1. The number of guanidine groups is 1. The van der Waals surface area contributed by atoms with Gasteiger partial charge >= 0.3 is 0 Å². The van der Waals surface area contributed by atoms with E-state index in [1.165, 1.54) is 12.8 Å². The Labute approximate surface area is 143 Å². The van der Waals surface area contributed by atoms with Crippen molar-refractivity contribution in [2.75, 3.05) is 29.9 Å². The lowest BCUT2D eigenvalue weighted by Gasteiger charge is -2.12. The number of nitrogens with one attached hydrogen (secondary N) is 1. The van der Waals surface area contributed by atoms with Gasteiger partial charge in [-0.2, -0.15) is 0 Å². The van der Waals surface area contributed by atoms with Crippen LogP contribution in [-0.2, 0) is 6.42 Å². The number of hydrogen-bond acceptors (Lipinski definition) is 4. The van der Waals surface area contributed by atoms with Gasteiger partial charge in [-0.05, 0) is 25.0 Å². The van der Waals surface area contributed by atoms with Crippen LogP contribution in [0.4, 0.5) is 19.6 Å². The third kappa shape index (κ3) is 4.19. The van der Waals surface area contributed by atoms with Crippen molar-refractivity contribution in [2.45, 2.75) is 19.3 Å². The molecule has 0 atom stereocenters. The number of rotatable bonds is 5. The summed E-state index contributed by atoms with van der Waals surface area (Å²) in [6.45, 7) is 2.57. The quantitative estimate of drug-likeness (QED) is 0.642. The maximum atomic E-state index is 13.5. The number of nitrogens with two attached hydrogens (primary N) is 1.